The van der Waals surface area contributed by atoms with Crippen LogP contribution < -0.4 is 15.5 Å². The normalized spacial score (nSPS) is 10.8. The zero-order chi connectivity index (χ0) is 18.1. The minimum Gasteiger partial charge on any atom is -0.370 e. The van der Waals surface area contributed by atoms with Crippen LogP contribution in [0.5, 0.6) is 0 Å². The number of rotatable bonds is 7. The van der Waals surface area contributed by atoms with Crippen LogP contribution in [0.25, 0.3) is 0 Å². The third kappa shape index (κ3) is 6.78. The quantitative estimate of drug-likeness (QED) is 0.370. The molecule has 7 heteroatoms. The highest BCUT2D eigenvalue weighted by Crippen LogP contribution is 2.14. The fourth-order valence-electron chi connectivity index (χ4n) is 2.54. The van der Waals surface area contributed by atoms with Gasteiger partial charge < -0.3 is 15.5 Å². The molecule has 1 aromatic heterocycles. The lowest BCUT2D eigenvalue weighted by atomic mass is 10.2. The maximum atomic E-state index is 13.6. The van der Waals surface area contributed by atoms with Crippen LogP contribution in [0.2, 0.25) is 0 Å². The fraction of sp³-hybridized carbons (Fsp3) is 0.368. The van der Waals surface area contributed by atoms with Crippen molar-refractivity contribution in [2.45, 2.75) is 20.4 Å². The third-order valence-electron chi connectivity index (χ3n) is 3.90. The second kappa shape index (κ2) is 11.7. The van der Waals surface area contributed by atoms with Gasteiger partial charge in [-0.05, 0) is 43.7 Å². The average molecular weight is 471 g/mol. The number of likely N-dealkylation sites (N-methyl/N-ethyl adjacent to an activating group) is 1. The van der Waals surface area contributed by atoms with Crippen LogP contribution >= 0.6 is 24.0 Å². The maximum Gasteiger partial charge on any atom is 0.191 e. The molecular weight excluding hydrogens is 444 g/mol. The minimum atomic E-state index is -0.318. The molecule has 1 aromatic carbocycles. The van der Waals surface area contributed by atoms with E-state index in [9.17, 15) is 4.39 Å². The van der Waals surface area contributed by atoms with Crippen molar-refractivity contribution in [1.82, 2.24) is 15.6 Å². The van der Waals surface area contributed by atoms with E-state index in [1.54, 1.807) is 19.3 Å². The molecule has 0 aliphatic carbocycles. The summed E-state index contributed by atoms with van der Waals surface area (Å²) >= 11 is 0. The van der Waals surface area contributed by atoms with Gasteiger partial charge in [0.25, 0.3) is 0 Å². The summed E-state index contributed by atoms with van der Waals surface area (Å²) in [5.41, 5.74) is 2.84. The van der Waals surface area contributed by atoms with Gasteiger partial charge in [0, 0.05) is 38.6 Å². The van der Waals surface area contributed by atoms with E-state index >= 15 is 0 Å². The molecule has 142 valence electrons. The monoisotopic (exact) mass is 471 g/mol. The highest BCUT2D eigenvalue weighted by Gasteiger charge is 2.06. The number of aliphatic imine (C=N–C) groups is 1. The molecule has 0 fully saturated rings. The Balaban J connectivity index is 0.00000338. The van der Waals surface area contributed by atoms with Crippen LogP contribution in [-0.2, 0) is 6.54 Å². The predicted octanol–water partition coefficient (Wildman–Crippen LogP) is 3.34. The summed E-state index contributed by atoms with van der Waals surface area (Å²) in [6.07, 6.45) is 1.58. The number of anilines is 1. The molecular formula is C19H27FIN5. The summed E-state index contributed by atoms with van der Waals surface area (Å²) in [5.74, 6) is 0.312. The number of hydrogen-bond donors (Lipinski definition) is 2. The van der Waals surface area contributed by atoms with Gasteiger partial charge in [0.2, 0.25) is 0 Å². The Morgan fingerprint density at radius 2 is 2.04 bits per heavy atom. The Kier molecular flexibility index (Phi) is 9.93. The molecule has 0 saturated carbocycles. The van der Waals surface area contributed by atoms with Crippen molar-refractivity contribution in [2.24, 2.45) is 4.99 Å². The third-order valence-corrected chi connectivity index (χ3v) is 3.90. The second-order valence-electron chi connectivity index (χ2n) is 5.70. The lowest BCUT2D eigenvalue weighted by Gasteiger charge is -2.24. The van der Waals surface area contributed by atoms with Crippen LogP contribution in [0, 0.1) is 12.7 Å². The Morgan fingerprint density at radius 3 is 2.69 bits per heavy atom. The molecule has 0 aliphatic heterocycles. The van der Waals surface area contributed by atoms with Crippen LogP contribution in [0.15, 0.2) is 47.6 Å². The van der Waals surface area contributed by atoms with E-state index in [0.717, 1.165) is 19.6 Å². The van der Waals surface area contributed by atoms with E-state index in [1.807, 2.05) is 0 Å². The molecule has 0 saturated heterocycles. The van der Waals surface area contributed by atoms with E-state index in [-0.39, 0.29) is 29.8 Å². The first-order valence-electron chi connectivity index (χ1n) is 8.49. The smallest absolute Gasteiger partial charge is 0.191 e. The summed E-state index contributed by atoms with van der Waals surface area (Å²) in [6, 6.07) is 11.5. The van der Waals surface area contributed by atoms with E-state index in [4.69, 9.17) is 0 Å². The van der Waals surface area contributed by atoms with E-state index in [1.165, 1.54) is 17.3 Å². The molecule has 0 amide bonds. The molecule has 1 heterocycles. The summed E-state index contributed by atoms with van der Waals surface area (Å²) < 4.78 is 13.6. The average Bonchev–Trinajstić information content (AvgIpc) is 2.62. The number of halogens is 2. The molecule has 2 rings (SSSR count). The van der Waals surface area contributed by atoms with Gasteiger partial charge in [-0.1, -0.05) is 12.1 Å². The summed E-state index contributed by atoms with van der Waals surface area (Å²) in [4.78, 5) is 10.5. The largest absolute Gasteiger partial charge is 0.370 e. The van der Waals surface area contributed by atoms with Gasteiger partial charge >= 0.3 is 0 Å². The lowest BCUT2D eigenvalue weighted by Crippen LogP contribution is -2.41. The lowest BCUT2D eigenvalue weighted by molar-refractivity contribution is 0.592. The minimum absolute atomic E-state index is 0. The second-order valence-corrected chi connectivity index (χ2v) is 5.70. The molecule has 0 aliphatic rings. The number of nitrogens with zero attached hydrogens (tertiary/aromatic N) is 3. The van der Waals surface area contributed by atoms with E-state index in [2.05, 4.69) is 63.6 Å². The fourth-order valence-corrected chi connectivity index (χ4v) is 2.54. The first kappa shape index (κ1) is 22.1. The summed E-state index contributed by atoms with van der Waals surface area (Å²) in [7, 11) is 1.70. The molecule has 2 aromatic rings. The van der Waals surface area contributed by atoms with Gasteiger partial charge in [0.15, 0.2) is 5.96 Å². The Bertz CT molecular complexity index is 708. The number of aryl methyl sites for hydroxylation is 1. The topological polar surface area (TPSA) is 52.5 Å². The number of nitrogens with one attached hydrogen (secondary N) is 2. The van der Waals surface area contributed by atoms with Gasteiger partial charge in [-0.2, -0.15) is 0 Å². The van der Waals surface area contributed by atoms with E-state index in [0.29, 0.717) is 18.2 Å². The molecule has 0 atom stereocenters. The SMILES string of the molecule is CCN(CCNC(=NC)NCc1ncccc1F)c1cccc(C)c1.I. The van der Waals surface area contributed by atoms with Gasteiger partial charge in [-0.25, -0.2) is 4.39 Å². The van der Waals surface area contributed by atoms with Crippen molar-refractivity contribution < 1.29 is 4.39 Å². The predicted molar refractivity (Wildman–Crippen MR) is 117 cm³/mol. The standard InChI is InChI=1S/C19H26FN5.HI/c1-4-25(16-8-5-7-15(2)13-16)12-11-23-19(21-3)24-14-18-17(20)9-6-10-22-18;/h5-10,13H,4,11-12,14H2,1-3H3,(H2,21,23,24);1H. The van der Waals surface area contributed by atoms with Gasteiger partial charge in [-0.15, -0.1) is 24.0 Å². The van der Waals surface area contributed by atoms with Gasteiger partial charge in [-0.3, -0.25) is 9.98 Å². The van der Waals surface area contributed by atoms with Crippen molar-refractivity contribution >= 4 is 35.6 Å². The highest BCUT2D eigenvalue weighted by atomic mass is 127. The number of aromatic nitrogens is 1. The Labute approximate surface area is 172 Å². The van der Waals surface area contributed by atoms with Crippen LogP contribution in [0.4, 0.5) is 10.1 Å². The highest BCUT2D eigenvalue weighted by molar-refractivity contribution is 14.0. The molecule has 0 radical (unpaired) electrons. The zero-order valence-electron chi connectivity index (χ0n) is 15.5. The molecule has 0 unspecified atom stereocenters. The van der Waals surface area contributed by atoms with Crippen molar-refractivity contribution in [3.8, 4) is 0 Å². The number of benzene rings is 1. The van der Waals surface area contributed by atoms with Crippen LogP contribution in [-0.4, -0.2) is 37.6 Å². The summed E-state index contributed by atoms with van der Waals surface area (Å²) in [5, 5.41) is 6.34. The van der Waals surface area contributed by atoms with Crippen LogP contribution in [0.1, 0.15) is 18.2 Å². The molecule has 0 bridgehead atoms. The maximum absolute atomic E-state index is 13.6. The van der Waals surface area contributed by atoms with Crippen molar-refractivity contribution in [1.29, 1.82) is 0 Å². The van der Waals surface area contributed by atoms with Crippen LogP contribution in [0.3, 0.4) is 0 Å². The number of guanidine groups is 1. The first-order chi connectivity index (χ1) is 12.1. The Hall–Kier alpha value is -1.90. The van der Waals surface area contributed by atoms with Crippen molar-refractivity contribution in [2.75, 3.05) is 31.6 Å². The van der Waals surface area contributed by atoms with Crippen molar-refractivity contribution in [3.63, 3.8) is 0 Å². The first-order valence-corrected chi connectivity index (χ1v) is 8.49. The van der Waals surface area contributed by atoms with Gasteiger partial charge in [0.05, 0.1) is 12.2 Å². The molecule has 26 heavy (non-hydrogen) atoms. The Morgan fingerprint density at radius 1 is 1.23 bits per heavy atom. The van der Waals surface area contributed by atoms with E-state index < -0.39 is 0 Å². The zero-order valence-corrected chi connectivity index (χ0v) is 17.8. The number of hydrogen-bond acceptors (Lipinski definition) is 3. The number of pyridine rings is 1. The van der Waals surface area contributed by atoms with Crippen molar-refractivity contribution in [3.05, 3.63) is 59.7 Å². The molecule has 0 spiro atoms. The van der Waals surface area contributed by atoms with Gasteiger partial charge in [0.1, 0.15) is 5.82 Å². The molecule has 5 nitrogen and oxygen atoms in total. The molecule has 2 N–H and O–H groups in total. The summed E-state index contributed by atoms with van der Waals surface area (Å²) in [6.45, 7) is 7.03.